The first-order valence-corrected chi connectivity index (χ1v) is 10.8. The molecule has 0 unspecified atom stereocenters. The summed E-state index contributed by atoms with van der Waals surface area (Å²) in [6.07, 6.45) is 0.967. The number of nitrogens with zero attached hydrogens (tertiary/aromatic N) is 2. The van der Waals surface area contributed by atoms with Crippen molar-refractivity contribution in [3.8, 4) is 11.5 Å². The fourth-order valence-corrected chi connectivity index (χ4v) is 3.75. The molecule has 2 aromatic carbocycles. The van der Waals surface area contributed by atoms with Gasteiger partial charge < -0.3 is 9.73 Å². The minimum atomic E-state index is -0.323. The molecule has 6 heteroatoms. The summed E-state index contributed by atoms with van der Waals surface area (Å²) >= 11 is 1.28. The number of thioether (sulfide) groups is 1. The highest BCUT2D eigenvalue weighted by atomic mass is 32.2. The lowest BCUT2D eigenvalue weighted by atomic mass is 9.96. The maximum absolute atomic E-state index is 12.5. The molecule has 152 valence electrons. The zero-order valence-electron chi connectivity index (χ0n) is 17.3. The summed E-state index contributed by atoms with van der Waals surface area (Å²) < 4.78 is 5.76. The van der Waals surface area contributed by atoms with Crippen LogP contribution < -0.4 is 5.32 Å². The van der Waals surface area contributed by atoms with Gasteiger partial charge in [-0.15, -0.1) is 10.2 Å². The van der Waals surface area contributed by atoms with E-state index in [1.54, 1.807) is 0 Å². The van der Waals surface area contributed by atoms with Crippen LogP contribution in [-0.4, -0.2) is 27.9 Å². The predicted molar refractivity (Wildman–Crippen MR) is 117 cm³/mol. The van der Waals surface area contributed by atoms with Crippen molar-refractivity contribution < 1.29 is 9.21 Å². The van der Waals surface area contributed by atoms with Gasteiger partial charge in [0.05, 0.1) is 5.25 Å². The first-order valence-electron chi connectivity index (χ1n) is 9.88. The van der Waals surface area contributed by atoms with Crippen molar-refractivity contribution in [1.29, 1.82) is 0 Å². The van der Waals surface area contributed by atoms with Gasteiger partial charge in [-0.05, 0) is 56.0 Å². The molecule has 0 saturated carbocycles. The van der Waals surface area contributed by atoms with E-state index in [0.717, 1.165) is 12.0 Å². The van der Waals surface area contributed by atoms with Crippen LogP contribution in [0.4, 0.5) is 0 Å². The number of aryl methyl sites for hydroxylation is 2. The van der Waals surface area contributed by atoms with Gasteiger partial charge in [0.25, 0.3) is 5.22 Å². The largest absolute Gasteiger partial charge is 0.411 e. The van der Waals surface area contributed by atoms with Gasteiger partial charge in [0.1, 0.15) is 0 Å². The van der Waals surface area contributed by atoms with Gasteiger partial charge >= 0.3 is 0 Å². The lowest BCUT2D eigenvalue weighted by Crippen LogP contribution is -2.34. The summed E-state index contributed by atoms with van der Waals surface area (Å²) in [6, 6.07) is 16.3. The van der Waals surface area contributed by atoms with E-state index in [1.165, 1.54) is 28.5 Å². The molecule has 5 nitrogen and oxygen atoms in total. The van der Waals surface area contributed by atoms with E-state index in [2.05, 4.69) is 48.4 Å². The van der Waals surface area contributed by atoms with Crippen LogP contribution >= 0.6 is 11.8 Å². The Balaban J connectivity index is 1.57. The standard InChI is InChI=1S/C23H27N3O2S/c1-5-18(19-9-7-6-8-10-19)14-24-21(27)17(4)29-23-26-25-22(28-23)20-12-11-15(2)16(3)13-20/h6-13,17-18H,5,14H2,1-4H3,(H,24,27)/t17-,18+/m0/s1. The Morgan fingerprint density at radius 3 is 2.55 bits per heavy atom. The fraction of sp³-hybridized carbons (Fsp3) is 0.348. The Hall–Kier alpha value is -2.60. The number of aromatic nitrogens is 2. The van der Waals surface area contributed by atoms with Crippen LogP contribution in [0.2, 0.25) is 0 Å². The molecule has 0 aliphatic heterocycles. The Morgan fingerprint density at radius 2 is 1.86 bits per heavy atom. The molecule has 0 bridgehead atoms. The van der Waals surface area contributed by atoms with Crippen molar-refractivity contribution in [3.63, 3.8) is 0 Å². The molecule has 1 aromatic heterocycles. The van der Waals surface area contributed by atoms with Gasteiger partial charge in [-0.1, -0.05) is 55.1 Å². The van der Waals surface area contributed by atoms with E-state index in [-0.39, 0.29) is 11.2 Å². The average molecular weight is 410 g/mol. The number of carbonyl (C=O) groups is 1. The van der Waals surface area contributed by atoms with Crippen molar-refractivity contribution in [2.45, 2.75) is 50.5 Å². The number of hydrogen-bond donors (Lipinski definition) is 1. The van der Waals surface area contributed by atoms with Crippen LogP contribution in [-0.2, 0) is 4.79 Å². The Labute approximate surface area is 176 Å². The molecule has 0 fully saturated rings. The molecule has 0 aliphatic carbocycles. The second-order valence-corrected chi connectivity index (χ2v) is 8.49. The monoisotopic (exact) mass is 409 g/mol. The molecule has 3 aromatic rings. The predicted octanol–water partition coefficient (Wildman–Crippen LogP) is 5.14. The molecular formula is C23H27N3O2S. The van der Waals surface area contributed by atoms with Crippen LogP contribution in [0.3, 0.4) is 0 Å². The lowest BCUT2D eigenvalue weighted by molar-refractivity contribution is -0.120. The van der Waals surface area contributed by atoms with Crippen LogP contribution in [0.1, 0.15) is 42.9 Å². The topological polar surface area (TPSA) is 68.0 Å². The van der Waals surface area contributed by atoms with Crippen LogP contribution in [0.15, 0.2) is 58.2 Å². The zero-order chi connectivity index (χ0) is 20.8. The third-order valence-electron chi connectivity index (χ3n) is 5.09. The summed E-state index contributed by atoms with van der Waals surface area (Å²) in [5.74, 6) is 0.741. The summed E-state index contributed by atoms with van der Waals surface area (Å²) in [7, 11) is 0. The van der Waals surface area contributed by atoms with E-state index < -0.39 is 0 Å². The second-order valence-electron chi connectivity index (χ2n) is 7.19. The van der Waals surface area contributed by atoms with Gasteiger partial charge in [-0.2, -0.15) is 0 Å². The Morgan fingerprint density at radius 1 is 1.10 bits per heavy atom. The second kappa shape index (κ2) is 9.74. The van der Waals surface area contributed by atoms with Gasteiger partial charge in [0.15, 0.2) is 0 Å². The number of amides is 1. The van der Waals surface area contributed by atoms with Gasteiger partial charge in [-0.3, -0.25) is 4.79 Å². The maximum atomic E-state index is 12.5. The smallest absolute Gasteiger partial charge is 0.277 e. The minimum Gasteiger partial charge on any atom is -0.411 e. The molecule has 2 atom stereocenters. The fourth-order valence-electron chi connectivity index (χ4n) is 3.04. The Bertz CT molecular complexity index is 956. The summed E-state index contributed by atoms with van der Waals surface area (Å²) in [6.45, 7) is 8.71. The quantitative estimate of drug-likeness (QED) is 0.522. The molecular weight excluding hydrogens is 382 g/mol. The molecule has 1 heterocycles. The summed E-state index contributed by atoms with van der Waals surface area (Å²) in [5, 5.41) is 11.4. The summed E-state index contributed by atoms with van der Waals surface area (Å²) in [5.41, 5.74) is 4.52. The van der Waals surface area contributed by atoms with Crippen LogP contribution in [0, 0.1) is 13.8 Å². The number of rotatable bonds is 8. The van der Waals surface area contributed by atoms with E-state index in [0.29, 0.717) is 23.6 Å². The van der Waals surface area contributed by atoms with Crippen molar-refractivity contribution in [2.75, 3.05) is 6.54 Å². The number of carbonyl (C=O) groups excluding carboxylic acids is 1. The van der Waals surface area contributed by atoms with E-state index >= 15 is 0 Å². The number of nitrogens with one attached hydrogen (secondary N) is 1. The van der Waals surface area contributed by atoms with Gasteiger partial charge in [-0.25, -0.2) is 0 Å². The van der Waals surface area contributed by atoms with E-state index in [9.17, 15) is 4.79 Å². The van der Waals surface area contributed by atoms with Crippen molar-refractivity contribution >= 4 is 17.7 Å². The molecule has 1 amide bonds. The average Bonchev–Trinajstić information content (AvgIpc) is 3.19. The number of benzene rings is 2. The zero-order valence-corrected chi connectivity index (χ0v) is 18.1. The third kappa shape index (κ3) is 5.48. The number of hydrogen-bond acceptors (Lipinski definition) is 5. The first-order chi connectivity index (χ1) is 14.0. The molecule has 3 rings (SSSR count). The van der Waals surface area contributed by atoms with Gasteiger partial charge in [0, 0.05) is 18.0 Å². The van der Waals surface area contributed by atoms with Crippen molar-refractivity contribution in [3.05, 3.63) is 65.2 Å². The lowest BCUT2D eigenvalue weighted by Gasteiger charge is -2.17. The maximum Gasteiger partial charge on any atom is 0.277 e. The molecule has 0 spiro atoms. The highest BCUT2D eigenvalue weighted by Gasteiger charge is 2.20. The molecule has 0 radical (unpaired) electrons. The normalized spacial score (nSPS) is 13.1. The molecule has 0 aliphatic rings. The van der Waals surface area contributed by atoms with Crippen molar-refractivity contribution in [1.82, 2.24) is 15.5 Å². The SMILES string of the molecule is CC[C@H](CNC(=O)[C@H](C)Sc1nnc(-c2ccc(C)c(C)c2)o1)c1ccccc1. The molecule has 29 heavy (non-hydrogen) atoms. The van der Waals surface area contributed by atoms with E-state index in [4.69, 9.17) is 4.42 Å². The van der Waals surface area contributed by atoms with E-state index in [1.807, 2.05) is 43.3 Å². The highest BCUT2D eigenvalue weighted by molar-refractivity contribution is 8.00. The Kier molecular flexibility index (Phi) is 7.09. The minimum absolute atomic E-state index is 0.0321. The first kappa shape index (κ1) is 21.1. The summed E-state index contributed by atoms with van der Waals surface area (Å²) in [4.78, 5) is 12.5. The van der Waals surface area contributed by atoms with Crippen LogP contribution in [0.25, 0.3) is 11.5 Å². The molecule has 0 saturated heterocycles. The highest BCUT2D eigenvalue weighted by Crippen LogP contribution is 2.27. The van der Waals surface area contributed by atoms with Crippen LogP contribution in [0.5, 0.6) is 0 Å². The molecule has 1 N–H and O–H groups in total. The van der Waals surface area contributed by atoms with Crippen molar-refractivity contribution in [2.24, 2.45) is 0 Å². The third-order valence-corrected chi connectivity index (χ3v) is 6.03. The van der Waals surface area contributed by atoms with Gasteiger partial charge in [0.2, 0.25) is 11.8 Å².